The fourth-order valence-corrected chi connectivity index (χ4v) is 2.40. The van der Waals surface area contributed by atoms with Crippen molar-refractivity contribution in [2.24, 2.45) is 0 Å². The summed E-state index contributed by atoms with van der Waals surface area (Å²) in [6.07, 6.45) is 2.76. The van der Waals surface area contributed by atoms with Crippen molar-refractivity contribution in [1.82, 2.24) is 19.5 Å². The summed E-state index contributed by atoms with van der Waals surface area (Å²) >= 11 is 0. The average Bonchev–Trinajstić information content (AvgIpc) is 2.83. The molecule has 1 aliphatic rings. The van der Waals surface area contributed by atoms with E-state index in [1.165, 1.54) is 6.33 Å². The molecule has 7 nitrogen and oxygen atoms in total. The van der Waals surface area contributed by atoms with Gasteiger partial charge in [-0.25, -0.2) is 15.0 Å². The third-order valence-corrected chi connectivity index (χ3v) is 3.48. The summed E-state index contributed by atoms with van der Waals surface area (Å²) in [5.41, 5.74) is 8.04. The SMILES string of the molecule is Nc1ncnc2c1ncn2C1COc2ccccc2CO1. The molecule has 1 aliphatic heterocycles. The lowest BCUT2D eigenvalue weighted by molar-refractivity contribution is -0.0236. The second-order valence-electron chi connectivity index (χ2n) is 4.77. The first-order valence-corrected chi connectivity index (χ1v) is 6.58. The van der Waals surface area contributed by atoms with Crippen LogP contribution < -0.4 is 10.5 Å². The summed E-state index contributed by atoms with van der Waals surface area (Å²) in [5, 5.41) is 0. The fourth-order valence-electron chi connectivity index (χ4n) is 2.40. The first-order valence-electron chi connectivity index (χ1n) is 6.58. The quantitative estimate of drug-likeness (QED) is 0.728. The van der Waals surface area contributed by atoms with Crippen molar-refractivity contribution in [1.29, 1.82) is 0 Å². The molecule has 3 heterocycles. The molecule has 0 amide bonds. The van der Waals surface area contributed by atoms with Crippen LogP contribution in [0, 0.1) is 0 Å². The summed E-state index contributed by atoms with van der Waals surface area (Å²) in [6, 6.07) is 7.84. The Morgan fingerprint density at radius 3 is 3.05 bits per heavy atom. The highest BCUT2D eigenvalue weighted by atomic mass is 16.6. The van der Waals surface area contributed by atoms with Crippen molar-refractivity contribution < 1.29 is 9.47 Å². The third kappa shape index (κ3) is 1.98. The fraction of sp³-hybridized carbons (Fsp3) is 0.214. The van der Waals surface area contributed by atoms with Gasteiger partial charge in [-0.05, 0) is 6.07 Å². The maximum Gasteiger partial charge on any atom is 0.171 e. The van der Waals surface area contributed by atoms with Gasteiger partial charge in [-0.2, -0.15) is 0 Å². The van der Waals surface area contributed by atoms with E-state index < -0.39 is 0 Å². The van der Waals surface area contributed by atoms with Crippen LogP contribution in [0.1, 0.15) is 11.8 Å². The smallest absolute Gasteiger partial charge is 0.171 e. The first-order chi connectivity index (χ1) is 10.3. The maximum absolute atomic E-state index is 5.92. The number of rotatable bonds is 1. The number of benzene rings is 1. The molecule has 0 fully saturated rings. The van der Waals surface area contributed by atoms with Crippen molar-refractivity contribution in [3.05, 3.63) is 42.5 Å². The summed E-state index contributed by atoms with van der Waals surface area (Å²) in [4.78, 5) is 12.4. The number of fused-ring (bicyclic) bond motifs is 2. The first kappa shape index (κ1) is 12.1. The van der Waals surface area contributed by atoms with Crippen LogP contribution in [-0.2, 0) is 11.3 Å². The number of anilines is 1. The minimum atomic E-state index is -0.309. The normalized spacial score (nSPS) is 18.0. The Balaban J connectivity index is 1.70. The number of nitrogens with two attached hydrogens (primary N) is 1. The Hall–Kier alpha value is -2.67. The maximum atomic E-state index is 5.92. The molecule has 0 aliphatic carbocycles. The Labute approximate surface area is 120 Å². The summed E-state index contributed by atoms with van der Waals surface area (Å²) in [6.45, 7) is 0.855. The molecule has 3 aromatic rings. The molecular weight excluding hydrogens is 270 g/mol. The van der Waals surface area contributed by atoms with E-state index in [0.29, 0.717) is 30.2 Å². The van der Waals surface area contributed by atoms with Gasteiger partial charge in [0.15, 0.2) is 17.7 Å². The largest absolute Gasteiger partial charge is 0.488 e. The van der Waals surface area contributed by atoms with Gasteiger partial charge in [0.05, 0.1) is 12.9 Å². The van der Waals surface area contributed by atoms with Crippen LogP contribution in [0.2, 0.25) is 0 Å². The second kappa shape index (κ2) is 4.71. The summed E-state index contributed by atoms with van der Waals surface area (Å²) in [7, 11) is 0. The number of aromatic nitrogens is 4. The van der Waals surface area contributed by atoms with Crippen LogP contribution in [0.5, 0.6) is 5.75 Å². The topological polar surface area (TPSA) is 88.1 Å². The number of nitrogen functional groups attached to an aromatic ring is 1. The third-order valence-electron chi connectivity index (χ3n) is 3.48. The van der Waals surface area contributed by atoms with E-state index in [2.05, 4.69) is 15.0 Å². The highest BCUT2D eigenvalue weighted by Gasteiger charge is 2.21. The predicted octanol–water partition coefficient (Wildman–Crippen LogP) is 1.52. The lowest BCUT2D eigenvalue weighted by Gasteiger charge is -2.16. The highest BCUT2D eigenvalue weighted by molar-refractivity contribution is 5.81. The molecule has 4 rings (SSSR count). The van der Waals surface area contributed by atoms with E-state index in [1.54, 1.807) is 6.33 Å². The molecule has 106 valence electrons. The number of nitrogens with zero attached hydrogens (tertiary/aromatic N) is 4. The van der Waals surface area contributed by atoms with Crippen LogP contribution in [0.15, 0.2) is 36.9 Å². The average molecular weight is 283 g/mol. The van der Waals surface area contributed by atoms with Gasteiger partial charge in [0, 0.05) is 5.56 Å². The standard InChI is InChI=1S/C14H13N5O2/c15-13-12-14(17-7-16-13)19(8-18-12)11-6-20-10-4-2-1-3-9(10)5-21-11/h1-4,7-8,11H,5-6H2,(H2,15,16,17). The van der Waals surface area contributed by atoms with Crippen molar-refractivity contribution in [3.8, 4) is 5.75 Å². The number of hydrogen-bond acceptors (Lipinski definition) is 6. The number of ether oxygens (including phenoxy) is 2. The number of hydrogen-bond donors (Lipinski definition) is 1. The molecule has 1 atom stereocenters. The van der Waals surface area contributed by atoms with Crippen molar-refractivity contribution in [3.63, 3.8) is 0 Å². The molecule has 21 heavy (non-hydrogen) atoms. The van der Waals surface area contributed by atoms with Crippen LogP contribution >= 0.6 is 0 Å². The van der Waals surface area contributed by atoms with Crippen molar-refractivity contribution >= 4 is 17.0 Å². The molecule has 0 radical (unpaired) electrons. The molecule has 0 bridgehead atoms. The highest BCUT2D eigenvalue weighted by Crippen LogP contribution is 2.28. The number of para-hydroxylation sites is 1. The van der Waals surface area contributed by atoms with Crippen LogP contribution in [0.4, 0.5) is 5.82 Å². The Kier molecular flexibility index (Phi) is 2.71. The molecule has 7 heteroatoms. The molecular formula is C14H13N5O2. The van der Waals surface area contributed by atoms with Gasteiger partial charge in [0.2, 0.25) is 0 Å². The van der Waals surface area contributed by atoms with Crippen molar-refractivity contribution in [2.45, 2.75) is 12.8 Å². The lowest BCUT2D eigenvalue weighted by Crippen LogP contribution is -2.18. The van der Waals surface area contributed by atoms with Gasteiger partial charge in [-0.1, -0.05) is 18.2 Å². The molecule has 1 unspecified atom stereocenters. The van der Waals surface area contributed by atoms with Crippen LogP contribution in [0.25, 0.3) is 11.2 Å². The Morgan fingerprint density at radius 2 is 2.10 bits per heavy atom. The Bertz CT molecular complexity index is 774. The predicted molar refractivity (Wildman–Crippen MR) is 75.5 cm³/mol. The molecule has 2 aromatic heterocycles. The van der Waals surface area contributed by atoms with Crippen molar-refractivity contribution in [2.75, 3.05) is 12.3 Å². The Morgan fingerprint density at radius 1 is 1.19 bits per heavy atom. The zero-order valence-corrected chi connectivity index (χ0v) is 11.1. The van der Waals surface area contributed by atoms with E-state index >= 15 is 0 Å². The van der Waals surface area contributed by atoms with E-state index in [9.17, 15) is 0 Å². The van der Waals surface area contributed by atoms with Crippen LogP contribution in [-0.4, -0.2) is 26.1 Å². The minimum Gasteiger partial charge on any atom is -0.488 e. The van der Waals surface area contributed by atoms with E-state index in [1.807, 2.05) is 28.8 Å². The van der Waals surface area contributed by atoms with E-state index in [-0.39, 0.29) is 6.23 Å². The lowest BCUT2D eigenvalue weighted by atomic mass is 10.2. The zero-order chi connectivity index (χ0) is 14.2. The number of imidazole rings is 1. The van der Waals surface area contributed by atoms with Gasteiger partial charge >= 0.3 is 0 Å². The van der Waals surface area contributed by atoms with Gasteiger partial charge in [-0.3, -0.25) is 4.57 Å². The summed E-state index contributed by atoms with van der Waals surface area (Å²) in [5.74, 6) is 1.20. The second-order valence-corrected chi connectivity index (χ2v) is 4.77. The van der Waals surface area contributed by atoms with E-state index in [4.69, 9.17) is 15.2 Å². The van der Waals surface area contributed by atoms with Gasteiger partial charge in [0.25, 0.3) is 0 Å². The van der Waals surface area contributed by atoms with Gasteiger partial charge in [-0.15, -0.1) is 0 Å². The monoisotopic (exact) mass is 283 g/mol. The van der Waals surface area contributed by atoms with E-state index in [0.717, 1.165) is 11.3 Å². The molecule has 0 saturated heterocycles. The zero-order valence-electron chi connectivity index (χ0n) is 11.1. The minimum absolute atomic E-state index is 0.309. The molecule has 2 N–H and O–H groups in total. The summed E-state index contributed by atoms with van der Waals surface area (Å²) < 4.78 is 13.6. The van der Waals surface area contributed by atoms with Gasteiger partial charge < -0.3 is 15.2 Å². The van der Waals surface area contributed by atoms with Crippen LogP contribution in [0.3, 0.4) is 0 Å². The molecule has 0 spiro atoms. The molecule has 1 aromatic carbocycles. The van der Waals surface area contributed by atoms with Gasteiger partial charge in [0.1, 0.15) is 24.2 Å². The molecule has 0 saturated carbocycles.